The second kappa shape index (κ2) is 9.83. The molecule has 0 unspecified atom stereocenters. The molecule has 0 saturated carbocycles. The van der Waals surface area contributed by atoms with E-state index in [4.69, 9.17) is 4.74 Å². The van der Waals surface area contributed by atoms with Crippen LogP contribution in [0.2, 0.25) is 0 Å². The highest BCUT2D eigenvalue weighted by Gasteiger charge is 2.09. The lowest BCUT2D eigenvalue weighted by Gasteiger charge is -2.06. The van der Waals surface area contributed by atoms with Crippen molar-refractivity contribution >= 4 is 33.4 Å². The number of esters is 1. The van der Waals surface area contributed by atoms with Crippen LogP contribution in [0, 0.1) is 0 Å². The topological polar surface area (TPSA) is 68.3 Å². The number of hydrogen-bond donors (Lipinski definition) is 1. The molecule has 0 aliphatic heterocycles. The molecule has 1 amide bonds. The van der Waals surface area contributed by atoms with Gasteiger partial charge in [0.15, 0.2) is 6.61 Å². The van der Waals surface area contributed by atoms with Gasteiger partial charge in [0.05, 0.1) is 15.2 Å². The Morgan fingerprint density at radius 2 is 1.78 bits per heavy atom. The predicted molar refractivity (Wildman–Crippen MR) is 107 cm³/mol. The molecule has 3 rings (SSSR count). The Labute approximate surface area is 162 Å². The van der Waals surface area contributed by atoms with Crippen molar-refractivity contribution in [1.82, 2.24) is 10.3 Å². The first kappa shape index (κ1) is 19.0. The van der Waals surface area contributed by atoms with Crippen LogP contribution >= 0.6 is 11.3 Å². The fourth-order valence-electron chi connectivity index (χ4n) is 2.67. The third-order valence-electron chi connectivity index (χ3n) is 4.05. The number of carbonyl (C=O) groups is 2. The lowest BCUT2D eigenvalue weighted by Crippen LogP contribution is -2.30. The Morgan fingerprint density at radius 1 is 1.00 bits per heavy atom. The van der Waals surface area contributed by atoms with Crippen LogP contribution in [0.5, 0.6) is 0 Å². The van der Waals surface area contributed by atoms with Gasteiger partial charge in [0.2, 0.25) is 0 Å². The number of rotatable bonds is 9. The van der Waals surface area contributed by atoms with Crippen molar-refractivity contribution in [1.29, 1.82) is 0 Å². The third kappa shape index (κ3) is 6.18. The van der Waals surface area contributed by atoms with Gasteiger partial charge in [-0.25, -0.2) is 4.98 Å². The zero-order valence-corrected chi connectivity index (χ0v) is 15.8. The molecule has 0 bridgehead atoms. The minimum Gasteiger partial charge on any atom is -0.456 e. The quantitative estimate of drug-likeness (QED) is 0.575. The molecule has 5 nitrogen and oxygen atoms in total. The van der Waals surface area contributed by atoms with E-state index in [0.717, 1.165) is 33.6 Å². The second-order valence-corrected chi connectivity index (χ2v) is 7.29. The molecule has 0 spiro atoms. The van der Waals surface area contributed by atoms with Gasteiger partial charge in [0, 0.05) is 13.0 Å². The zero-order valence-electron chi connectivity index (χ0n) is 15.0. The van der Waals surface area contributed by atoms with Crippen LogP contribution in [-0.2, 0) is 27.2 Å². The van der Waals surface area contributed by atoms with Gasteiger partial charge in [-0.05, 0) is 37.0 Å². The number of ether oxygens (including phenoxy) is 1. The number of aryl methyl sites for hydroxylation is 1. The number of hydrogen-bond acceptors (Lipinski definition) is 5. The molecule has 2 aromatic carbocycles. The van der Waals surface area contributed by atoms with Crippen molar-refractivity contribution in [2.24, 2.45) is 0 Å². The third-order valence-corrected chi connectivity index (χ3v) is 5.15. The first-order chi connectivity index (χ1) is 13.2. The molecular weight excluding hydrogens is 360 g/mol. The Kier molecular flexibility index (Phi) is 6.93. The highest BCUT2D eigenvalue weighted by atomic mass is 32.1. The van der Waals surface area contributed by atoms with Crippen molar-refractivity contribution in [2.75, 3.05) is 13.2 Å². The molecule has 0 saturated heterocycles. The first-order valence-electron chi connectivity index (χ1n) is 9.01. The van der Waals surface area contributed by atoms with Crippen molar-refractivity contribution in [3.63, 3.8) is 0 Å². The summed E-state index contributed by atoms with van der Waals surface area (Å²) in [7, 11) is 0. The number of aromatic nitrogens is 1. The van der Waals surface area contributed by atoms with E-state index in [9.17, 15) is 9.59 Å². The van der Waals surface area contributed by atoms with Crippen molar-refractivity contribution in [3.8, 4) is 0 Å². The van der Waals surface area contributed by atoms with Gasteiger partial charge in [-0.3, -0.25) is 9.59 Å². The Bertz CT molecular complexity index is 860. The Hall–Kier alpha value is -2.73. The largest absolute Gasteiger partial charge is 0.456 e. The van der Waals surface area contributed by atoms with Crippen molar-refractivity contribution in [2.45, 2.75) is 25.7 Å². The summed E-state index contributed by atoms with van der Waals surface area (Å²) in [6, 6.07) is 17.9. The highest BCUT2D eigenvalue weighted by molar-refractivity contribution is 7.18. The highest BCUT2D eigenvalue weighted by Crippen LogP contribution is 2.22. The van der Waals surface area contributed by atoms with Gasteiger partial charge in [-0.15, -0.1) is 11.3 Å². The zero-order chi connectivity index (χ0) is 18.9. The van der Waals surface area contributed by atoms with Gasteiger partial charge in [0.1, 0.15) is 0 Å². The van der Waals surface area contributed by atoms with Crippen LogP contribution < -0.4 is 5.32 Å². The van der Waals surface area contributed by atoms with Crippen LogP contribution in [0.3, 0.4) is 0 Å². The van der Waals surface area contributed by atoms with Crippen LogP contribution in [0.25, 0.3) is 10.2 Å². The predicted octanol–water partition coefficient (Wildman–Crippen LogP) is 3.52. The number of benzene rings is 2. The molecule has 0 radical (unpaired) electrons. The molecule has 0 fully saturated rings. The SMILES string of the molecule is O=C(COC(=O)CCCc1nc2ccccc2s1)NCCc1ccccc1. The molecule has 1 N–H and O–H groups in total. The van der Waals surface area contributed by atoms with Crippen LogP contribution in [0.1, 0.15) is 23.4 Å². The van der Waals surface area contributed by atoms with E-state index in [1.165, 1.54) is 0 Å². The van der Waals surface area contributed by atoms with E-state index < -0.39 is 0 Å². The average Bonchev–Trinajstić information content (AvgIpc) is 3.10. The number of carbonyl (C=O) groups excluding carboxylic acids is 2. The minimum absolute atomic E-state index is 0.227. The number of nitrogens with one attached hydrogen (secondary N) is 1. The molecule has 0 atom stereocenters. The summed E-state index contributed by atoms with van der Waals surface area (Å²) < 4.78 is 6.19. The summed E-state index contributed by atoms with van der Waals surface area (Å²) in [6.07, 6.45) is 2.43. The summed E-state index contributed by atoms with van der Waals surface area (Å²) >= 11 is 1.65. The number of para-hydroxylation sites is 1. The summed E-state index contributed by atoms with van der Waals surface area (Å²) in [5.74, 6) is -0.625. The van der Waals surface area contributed by atoms with Crippen molar-refractivity contribution in [3.05, 3.63) is 65.2 Å². The van der Waals surface area contributed by atoms with Gasteiger partial charge < -0.3 is 10.1 Å². The summed E-state index contributed by atoms with van der Waals surface area (Å²) in [5.41, 5.74) is 2.15. The smallest absolute Gasteiger partial charge is 0.306 e. The molecule has 140 valence electrons. The molecule has 6 heteroatoms. The molecule has 1 heterocycles. The summed E-state index contributed by atoms with van der Waals surface area (Å²) in [4.78, 5) is 28.1. The van der Waals surface area contributed by atoms with E-state index in [0.29, 0.717) is 13.0 Å². The molecule has 27 heavy (non-hydrogen) atoms. The number of nitrogens with zero attached hydrogens (tertiary/aromatic N) is 1. The Morgan fingerprint density at radius 3 is 2.59 bits per heavy atom. The lowest BCUT2D eigenvalue weighted by atomic mass is 10.1. The van der Waals surface area contributed by atoms with Crippen LogP contribution in [-0.4, -0.2) is 30.0 Å². The summed E-state index contributed by atoms with van der Waals surface area (Å²) in [6.45, 7) is 0.298. The first-order valence-corrected chi connectivity index (χ1v) is 9.83. The molecular formula is C21H22N2O3S. The minimum atomic E-state index is -0.352. The van der Waals surface area contributed by atoms with E-state index in [-0.39, 0.29) is 24.9 Å². The fraction of sp³-hybridized carbons (Fsp3) is 0.286. The van der Waals surface area contributed by atoms with E-state index in [2.05, 4.69) is 10.3 Å². The number of fused-ring (bicyclic) bond motifs is 1. The fourth-order valence-corrected chi connectivity index (χ4v) is 3.68. The van der Waals surface area contributed by atoms with Gasteiger partial charge in [-0.2, -0.15) is 0 Å². The van der Waals surface area contributed by atoms with Gasteiger partial charge >= 0.3 is 5.97 Å². The maximum absolute atomic E-state index is 11.8. The van der Waals surface area contributed by atoms with Crippen molar-refractivity contribution < 1.29 is 14.3 Å². The molecule has 3 aromatic rings. The maximum Gasteiger partial charge on any atom is 0.306 e. The normalized spacial score (nSPS) is 10.7. The van der Waals surface area contributed by atoms with E-state index >= 15 is 0 Å². The molecule has 0 aliphatic carbocycles. The van der Waals surface area contributed by atoms with Gasteiger partial charge in [0.25, 0.3) is 5.91 Å². The monoisotopic (exact) mass is 382 g/mol. The Balaban J connectivity index is 1.29. The molecule has 1 aromatic heterocycles. The average molecular weight is 382 g/mol. The molecule has 0 aliphatic rings. The maximum atomic E-state index is 11.8. The lowest BCUT2D eigenvalue weighted by molar-refractivity contribution is -0.148. The van der Waals surface area contributed by atoms with Crippen LogP contribution in [0.15, 0.2) is 54.6 Å². The van der Waals surface area contributed by atoms with Crippen LogP contribution in [0.4, 0.5) is 0 Å². The standard InChI is InChI=1S/C21H22N2O3S/c24-19(22-14-13-16-7-2-1-3-8-16)15-26-21(25)12-6-11-20-23-17-9-4-5-10-18(17)27-20/h1-5,7-10H,6,11-15H2,(H,22,24). The van der Waals surface area contributed by atoms with E-state index in [1.54, 1.807) is 11.3 Å². The van der Waals surface area contributed by atoms with E-state index in [1.807, 2.05) is 54.6 Å². The summed E-state index contributed by atoms with van der Waals surface area (Å²) in [5, 5.41) is 3.78. The number of thiazole rings is 1. The number of amides is 1. The van der Waals surface area contributed by atoms with Gasteiger partial charge in [-0.1, -0.05) is 42.5 Å². The second-order valence-electron chi connectivity index (χ2n) is 6.18.